The summed E-state index contributed by atoms with van der Waals surface area (Å²) in [6, 6.07) is 25.1. The van der Waals surface area contributed by atoms with Crippen LogP contribution < -0.4 is 24.0 Å². The Bertz CT molecular complexity index is 1520. The average Bonchev–Trinajstić information content (AvgIpc) is 3.37. The molecule has 0 aliphatic rings. The number of hydrogen-bond acceptors (Lipinski definition) is 4. The van der Waals surface area contributed by atoms with E-state index in [9.17, 15) is 18.3 Å². The molecule has 36 heavy (non-hydrogen) atoms. The van der Waals surface area contributed by atoms with E-state index in [1.165, 1.54) is 6.07 Å². The van der Waals surface area contributed by atoms with Gasteiger partial charge in [0.05, 0.1) is 28.7 Å². The first-order chi connectivity index (χ1) is 16.8. The Morgan fingerprint density at radius 2 is 1.47 bits per heavy atom. The molecule has 176 valence electrons. The van der Waals surface area contributed by atoms with Crippen molar-refractivity contribution in [2.24, 2.45) is 0 Å². The van der Waals surface area contributed by atoms with Gasteiger partial charge in [0, 0.05) is 24.0 Å². The van der Waals surface area contributed by atoms with Crippen molar-refractivity contribution in [3.05, 3.63) is 119 Å². The molecule has 3 aromatic carbocycles. The molecule has 0 unspecified atom stereocenters. The van der Waals surface area contributed by atoms with Crippen molar-refractivity contribution in [1.82, 2.24) is 8.87 Å². The molecule has 0 N–H and O–H groups in total. The fourth-order valence-electron chi connectivity index (χ4n) is 3.57. The molecule has 1 aromatic heterocycles. The molecule has 4 rings (SSSR count). The Hall–Kier alpha value is -3.68. The van der Waals surface area contributed by atoms with Crippen LogP contribution in [-0.4, -0.2) is 23.3 Å². The second-order valence-corrected chi connectivity index (χ2v) is 9.99. The molecule has 4 aromatic rings. The number of carboxylic acid groups (broad SMARTS) is 1. The number of carboxylic acids is 1. The molecule has 0 spiro atoms. The van der Waals surface area contributed by atoms with Crippen LogP contribution in [0.4, 0.5) is 0 Å². The Morgan fingerprint density at radius 3 is 2.06 bits per heavy atom. The van der Waals surface area contributed by atoms with Crippen molar-refractivity contribution in [1.29, 1.82) is 0 Å². The topological polar surface area (TPSA) is 82.4 Å². The van der Waals surface area contributed by atoms with Crippen molar-refractivity contribution in [3.63, 3.8) is 0 Å². The number of nitrogens with zero attached hydrogens (tertiary/aromatic N) is 2. The van der Waals surface area contributed by atoms with Gasteiger partial charge in [-0.25, -0.2) is 12.7 Å². The van der Waals surface area contributed by atoms with Crippen LogP contribution in [0.1, 0.15) is 32.6 Å². The summed E-state index contributed by atoms with van der Waals surface area (Å²) in [4.78, 5) is 11.9. The van der Waals surface area contributed by atoms with Crippen LogP contribution in [-0.2, 0) is 16.6 Å². The van der Waals surface area contributed by atoms with Crippen LogP contribution >= 0.6 is 0 Å². The van der Waals surface area contributed by atoms with Gasteiger partial charge >= 0.3 is 18.9 Å². The van der Waals surface area contributed by atoms with E-state index < -0.39 is 16.0 Å². The molecule has 0 aliphatic carbocycles. The third kappa shape index (κ3) is 5.92. The quantitative estimate of drug-likeness (QED) is 0.226. The number of benzene rings is 3. The summed E-state index contributed by atoms with van der Waals surface area (Å²) >= 11 is 0. The van der Waals surface area contributed by atoms with E-state index in [4.69, 9.17) is 0 Å². The van der Waals surface area contributed by atoms with Gasteiger partial charge in [0.1, 0.15) is 0 Å². The average molecular weight is 491 g/mol. The molecular weight excluding hydrogens is 467 g/mol. The van der Waals surface area contributed by atoms with Crippen molar-refractivity contribution >= 4 is 16.0 Å². The predicted octanol–water partition coefficient (Wildman–Crippen LogP) is 0.662. The summed E-state index contributed by atoms with van der Waals surface area (Å²) < 4.78 is 29.8. The zero-order valence-electron chi connectivity index (χ0n) is 20.3. The van der Waals surface area contributed by atoms with Gasteiger partial charge in [-0.05, 0) is 55.7 Å². The van der Waals surface area contributed by atoms with E-state index in [1.54, 1.807) is 65.5 Å². The molecule has 0 fully saturated rings. The number of sulfonamides is 1. The predicted molar refractivity (Wildman–Crippen MR) is 132 cm³/mol. The SMILES string of the molecule is Cc1ccc(CN(C#Cc2cccc(C(=O)[O-])c2-n2cccc2)S(=O)(=O)c2ccc(C)cc2)cc1.[Li+]. The van der Waals surface area contributed by atoms with Gasteiger partial charge in [-0.2, -0.15) is 0 Å². The van der Waals surface area contributed by atoms with Crippen LogP contribution in [0.15, 0.2) is 96.2 Å². The van der Waals surface area contributed by atoms with Gasteiger partial charge in [0.2, 0.25) is 0 Å². The van der Waals surface area contributed by atoms with Gasteiger partial charge in [0.15, 0.2) is 0 Å². The summed E-state index contributed by atoms with van der Waals surface area (Å²) in [5.74, 6) is 1.55. The summed E-state index contributed by atoms with van der Waals surface area (Å²) in [7, 11) is -3.97. The number of carbonyl (C=O) groups is 1. The third-order valence-corrected chi connectivity index (χ3v) is 7.16. The molecule has 0 amide bonds. The normalized spacial score (nSPS) is 10.6. The molecular formula is C28H23LiN2O4S. The largest absolute Gasteiger partial charge is 1.00 e. The van der Waals surface area contributed by atoms with Crippen molar-refractivity contribution in [3.8, 4) is 17.7 Å². The van der Waals surface area contributed by atoms with Crippen molar-refractivity contribution in [2.75, 3.05) is 0 Å². The number of carbonyl (C=O) groups excluding carboxylic acids is 1. The first kappa shape index (κ1) is 26.9. The summed E-state index contributed by atoms with van der Waals surface area (Å²) in [6.07, 6.45) is 3.39. The molecule has 6 nitrogen and oxygen atoms in total. The summed E-state index contributed by atoms with van der Waals surface area (Å²) in [5, 5.41) is 11.8. The van der Waals surface area contributed by atoms with E-state index in [2.05, 4.69) is 12.0 Å². The van der Waals surface area contributed by atoms with Crippen LogP contribution in [0.3, 0.4) is 0 Å². The number of aromatic nitrogens is 1. The van der Waals surface area contributed by atoms with Gasteiger partial charge in [0.25, 0.3) is 10.0 Å². The number of hydrogen-bond donors (Lipinski definition) is 0. The third-order valence-electron chi connectivity index (χ3n) is 5.49. The van der Waals surface area contributed by atoms with E-state index in [0.29, 0.717) is 11.3 Å². The molecule has 1 heterocycles. The van der Waals surface area contributed by atoms with Gasteiger partial charge < -0.3 is 14.5 Å². The Balaban J connectivity index is 0.00000361. The first-order valence-corrected chi connectivity index (χ1v) is 12.3. The molecule has 0 saturated carbocycles. The van der Waals surface area contributed by atoms with Crippen molar-refractivity contribution < 1.29 is 37.2 Å². The minimum Gasteiger partial charge on any atom is -0.545 e. The van der Waals surface area contributed by atoms with Crippen LogP contribution in [0.5, 0.6) is 0 Å². The number of aromatic carboxylic acids is 1. The molecule has 0 aliphatic heterocycles. The Kier molecular flexibility index (Phi) is 8.50. The first-order valence-electron chi connectivity index (χ1n) is 10.9. The molecule has 0 bridgehead atoms. The maximum Gasteiger partial charge on any atom is 1.00 e. The van der Waals surface area contributed by atoms with Gasteiger partial charge in [-0.1, -0.05) is 59.7 Å². The zero-order valence-corrected chi connectivity index (χ0v) is 21.1. The Morgan fingerprint density at radius 1 is 0.889 bits per heavy atom. The minimum atomic E-state index is -3.97. The van der Waals surface area contributed by atoms with Crippen LogP contribution in [0.25, 0.3) is 5.69 Å². The van der Waals surface area contributed by atoms with E-state index in [0.717, 1.165) is 21.0 Å². The maximum atomic E-state index is 13.5. The smallest absolute Gasteiger partial charge is 0.545 e. The molecule has 0 atom stereocenters. The fourth-order valence-corrected chi connectivity index (χ4v) is 4.79. The minimum absolute atomic E-state index is 0. The second-order valence-electron chi connectivity index (χ2n) is 8.13. The standard InChI is InChI=1S/C28H24N2O4S.Li/c1-21-8-12-23(13-9-21)20-30(35(33,34)25-14-10-22(2)11-15-25)19-16-24-6-5-7-26(28(31)32)27(24)29-17-3-4-18-29;/h3-15,17-18H,20H2,1-2H3,(H,31,32);/q;+1/p-1. The van der Waals surface area contributed by atoms with Crippen LogP contribution in [0, 0.1) is 25.8 Å². The maximum absolute atomic E-state index is 13.5. The van der Waals surface area contributed by atoms with E-state index in [-0.39, 0.29) is 35.9 Å². The van der Waals surface area contributed by atoms with Crippen molar-refractivity contribution in [2.45, 2.75) is 25.3 Å². The monoisotopic (exact) mass is 490 g/mol. The number of rotatable bonds is 6. The number of aryl methyl sites for hydroxylation is 2. The van der Waals surface area contributed by atoms with Crippen LogP contribution in [0.2, 0.25) is 0 Å². The second kappa shape index (κ2) is 11.4. The van der Waals surface area contributed by atoms with E-state index >= 15 is 0 Å². The zero-order chi connectivity index (χ0) is 25.0. The summed E-state index contributed by atoms with van der Waals surface area (Å²) in [5.41, 5.74) is 3.40. The molecule has 0 radical (unpaired) electrons. The summed E-state index contributed by atoms with van der Waals surface area (Å²) in [6.45, 7) is 3.87. The van der Waals surface area contributed by atoms with Gasteiger partial charge in [-0.15, -0.1) is 0 Å². The molecule has 0 saturated heterocycles. The van der Waals surface area contributed by atoms with E-state index in [1.807, 2.05) is 38.1 Å². The fraction of sp³-hybridized carbons (Fsp3) is 0.107. The molecule has 8 heteroatoms. The Labute approximate surface area is 223 Å². The number of para-hydroxylation sites is 1. The van der Waals surface area contributed by atoms with Gasteiger partial charge in [-0.3, -0.25) is 0 Å².